The van der Waals surface area contributed by atoms with Gasteiger partial charge in [0.15, 0.2) is 46.5 Å². The van der Waals surface area contributed by atoms with Crippen LogP contribution in [0.5, 0.6) is 5.75 Å². The summed E-state index contributed by atoms with van der Waals surface area (Å²) in [5.74, 6) is -27.4. The highest BCUT2D eigenvalue weighted by Gasteiger charge is 2.43. The Labute approximate surface area is 229 Å². The van der Waals surface area contributed by atoms with Crippen molar-refractivity contribution in [2.45, 2.75) is 6.18 Å². The maximum atomic E-state index is 15.5. The summed E-state index contributed by atoms with van der Waals surface area (Å²) in [5.41, 5.74) is -9.53. The largest absolute Gasteiger partial charge is 0.497 e. The zero-order chi connectivity index (χ0) is 31.9. The maximum Gasteiger partial charge on any atom is 0.422 e. The van der Waals surface area contributed by atoms with E-state index in [0.717, 1.165) is 7.11 Å². The monoisotopic (exact) mass is 626 g/mol. The molecule has 0 aliphatic rings. The summed E-state index contributed by atoms with van der Waals surface area (Å²) < 4.78 is 209. The van der Waals surface area contributed by atoms with Crippen LogP contribution in [-0.4, -0.2) is 7.11 Å². The Morgan fingerprint density at radius 3 is 1.40 bits per heavy atom. The number of fused-ring (bicyclic) bond motifs is 2. The molecule has 5 aromatic rings. The highest BCUT2D eigenvalue weighted by atomic mass is 19.4. The van der Waals surface area contributed by atoms with Crippen molar-refractivity contribution in [1.29, 1.82) is 0 Å². The van der Waals surface area contributed by atoms with Crippen molar-refractivity contribution >= 4 is 21.5 Å². The molecule has 5 aromatic carbocycles. The van der Waals surface area contributed by atoms with Gasteiger partial charge in [-0.25, -0.2) is 48.3 Å². The lowest BCUT2D eigenvalue weighted by molar-refractivity contribution is -0.143. The highest BCUT2D eigenvalue weighted by Crippen LogP contribution is 2.50. The number of hydrogen-bond donors (Lipinski definition) is 0. The molecule has 43 heavy (non-hydrogen) atoms. The highest BCUT2D eigenvalue weighted by molar-refractivity contribution is 6.22. The predicted octanol–water partition coefficient (Wildman–Crippen LogP) is 9.88. The van der Waals surface area contributed by atoms with Crippen molar-refractivity contribution in [1.82, 2.24) is 0 Å². The summed E-state index contributed by atoms with van der Waals surface area (Å²) in [5, 5.41) is -5.57. The summed E-state index contributed by atoms with van der Waals surface area (Å²) in [6.45, 7) is 0. The van der Waals surface area contributed by atoms with Crippen molar-refractivity contribution in [3.8, 4) is 28.0 Å². The quantitative estimate of drug-likeness (QED) is 0.0839. The van der Waals surface area contributed by atoms with E-state index in [4.69, 9.17) is 0 Å². The van der Waals surface area contributed by atoms with Crippen LogP contribution in [0.25, 0.3) is 43.8 Å². The first-order chi connectivity index (χ1) is 20.0. The smallest absolute Gasteiger partial charge is 0.422 e. The molecule has 1 nitrogen and oxygen atoms in total. The second-order valence-corrected chi connectivity index (χ2v) is 8.92. The Hall–Kier alpha value is -4.56. The number of halogens is 14. The van der Waals surface area contributed by atoms with Crippen LogP contribution in [0.15, 0.2) is 30.3 Å². The van der Waals surface area contributed by atoms with E-state index in [9.17, 15) is 35.1 Å². The molecule has 0 amide bonds. The minimum Gasteiger partial charge on any atom is -0.497 e. The molecule has 5 rings (SSSR count). The molecule has 15 heteroatoms. The van der Waals surface area contributed by atoms with Gasteiger partial charge in [0.05, 0.1) is 18.2 Å². The molecule has 0 N–H and O–H groups in total. The fourth-order valence-electron chi connectivity index (χ4n) is 4.84. The molecule has 0 unspecified atom stereocenters. The zero-order valence-electron chi connectivity index (χ0n) is 20.6. The second kappa shape index (κ2) is 10.0. The van der Waals surface area contributed by atoms with Crippen LogP contribution >= 0.6 is 0 Å². The molecule has 224 valence electrons. The Kier molecular flexibility index (Phi) is 6.97. The van der Waals surface area contributed by atoms with Crippen molar-refractivity contribution < 1.29 is 66.2 Å². The normalized spacial score (nSPS) is 12.1. The Bertz CT molecular complexity index is 1960. The van der Waals surface area contributed by atoms with E-state index in [2.05, 4.69) is 4.74 Å². The maximum absolute atomic E-state index is 15.5. The third kappa shape index (κ3) is 4.31. The molecule has 0 radical (unpaired) electrons. The van der Waals surface area contributed by atoms with Gasteiger partial charge in [0.1, 0.15) is 28.8 Å². The van der Waals surface area contributed by atoms with Gasteiger partial charge in [-0.15, -0.1) is 0 Å². The van der Waals surface area contributed by atoms with E-state index in [-0.39, 0.29) is 6.07 Å². The first-order valence-electron chi connectivity index (χ1n) is 11.4. The average molecular weight is 626 g/mol. The Morgan fingerprint density at radius 1 is 0.488 bits per heavy atom. The number of hydrogen-bond acceptors (Lipinski definition) is 1. The van der Waals surface area contributed by atoms with Gasteiger partial charge in [0, 0.05) is 34.0 Å². The van der Waals surface area contributed by atoms with E-state index >= 15 is 26.3 Å². The van der Waals surface area contributed by atoms with E-state index in [0.29, 0.717) is 24.3 Å². The SMILES string of the molecule is COc1cc(F)c(-c2c3ccc(F)cc3c(-c3c(F)c(F)c(C(F)(F)F)c(F)c3F)c3c(F)c(F)c(F)c(F)c23)c(F)c1. The van der Waals surface area contributed by atoms with E-state index in [1.807, 2.05) is 0 Å². The molecular weight excluding hydrogens is 618 g/mol. The van der Waals surface area contributed by atoms with Gasteiger partial charge < -0.3 is 4.74 Å². The first-order valence-corrected chi connectivity index (χ1v) is 11.4. The molecule has 0 atom stereocenters. The van der Waals surface area contributed by atoms with Gasteiger partial charge in [-0.2, -0.15) is 13.2 Å². The van der Waals surface area contributed by atoms with Crippen LogP contribution in [0.4, 0.5) is 61.5 Å². The zero-order valence-corrected chi connectivity index (χ0v) is 20.6. The fourth-order valence-corrected chi connectivity index (χ4v) is 4.84. The van der Waals surface area contributed by atoms with Crippen molar-refractivity contribution in [3.05, 3.63) is 99.9 Å². The van der Waals surface area contributed by atoms with E-state index < -0.39 is 125 Å². The fraction of sp³-hybridized carbons (Fsp3) is 0.0714. The van der Waals surface area contributed by atoms with Crippen molar-refractivity contribution in [3.63, 3.8) is 0 Å². The van der Waals surface area contributed by atoms with Gasteiger partial charge in [0.2, 0.25) is 0 Å². The van der Waals surface area contributed by atoms with Gasteiger partial charge >= 0.3 is 6.18 Å². The Morgan fingerprint density at radius 2 is 0.953 bits per heavy atom. The standard InChI is InChI=1S/C28H8F14O/c1-43-8-5-11(30)15(12(31)6-8)13-9-3-2-7(29)4-10(9)14(17-16(13)20(32)26(38)27(39)21(17)33)18-22(34)24(36)19(28(40,41)42)25(37)23(18)35/h2-6H,1H3. The second-order valence-electron chi connectivity index (χ2n) is 8.92. The van der Waals surface area contributed by atoms with Crippen LogP contribution in [0.2, 0.25) is 0 Å². The van der Waals surface area contributed by atoms with Crippen LogP contribution in [0.1, 0.15) is 5.56 Å². The average Bonchev–Trinajstić information content (AvgIpc) is 2.93. The molecule has 0 aliphatic heterocycles. The third-order valence-electron chi connectivity index (χ3n) is 6.59. The van der Waals surface area contributed by atoms with Crippen LogP contribution in [0.3, 0.4) is 0 Å². The van der Waals surface area contributed by atoms with Gasteiger partial charge in [0.25, 0.3) is 0 Å². The lowest BCUT2D eigenvalue weighted by atomic mass is 9.84. The molecule has 0 fully saturated rings. The van der Waals surface area contributed by atoms with Gasteiger partial charge in [-0.1, -0.05) is 6.07 Å². The minimum absolute atomic E-state index is 0.220. The number of benzene rings is 5. The van der Waals surface area contributed by atoms with E-state index in [1.165, 1.54) is 0 Å². The minimum atomic E-state index is -6.04. The van der Waals surface area contributed by atoms with Gasteiger partial charge in [-0.3, -0.25) is 0 Å². The summed E-state index contributed by atoms with van der Waals surface area (Å²) in [6.07, 6.45) is -6.04. The molecule has 0 heterocycles. The summed E-state index contributed by atoms with van der Waals surface area (Å²) in [6, 6.07) is 2.29. The van der Waals surface area contributed by atoms with Crippen molar-refractivity contribution in [2.75, 3.05) is 7.11 Å². The van der Waals surface area contributed by atoms with Crippen LogP contribution < -0.4 is 4.74 Å². The van der Waals surface area contributed by atoms with Crippen molar-refractivity contribution in [2.24, 2.45) is 0 Å². The summed E-state index contributed by atoms with van der Waals surface area (Å²) >= 11 is 0. The predicted molar refractivity (Wildman–Crippen MR) is 123 cm³/mol. The van der Waals surface area contributed by atoms with E-state index in [1.54, 1.807) is 0 Å². The summed E-state index contributed by atoms with van der Waals surface area (Å²) in [7, 11) is 0.981. The lowest BCUT2D eigenvalue weighted by Crippen LogP contribution is -2.16. The lowest BCUT2D eigenvalue weighted by Gasteiger charge is -2.21. The molecular formula is C28H8F14O. The van der Waals surface area contributed by atoms with Crippen LogP contribution in [-0.2, 0) is 6.18 Å². The van der Waals surface area contributed by atoms with Gasteiger partial charge in [-0.05, 0) is 22.9 Å². The summed E-state index contributed by atoms with van der Waals surface area (Å²) in [4.78, 5) is 0. The molecule has 0 bridgehead atoms. The first kappa shape index (κ1) is 29.9. The third-order valence-corrected chi connectivity index (χ3v) is 6.59. The molecule has 0 spiro atoms. The molecule has 0 aromatic heterocycles. The van der Waals surface area contributed by atoms with Crippen LogP contribution in [0, 0.1) is 64.0 Å². The molecule has 0 aliphatic carbocycles. The number of methoxy groups -OCH3 is 1. The number of ether oxygens (including phenoxy) is 1. The molecule has 0 saturated heterocycles. The number of rotatable bonds is 3. The Balaban J connectivity index is 2.17. The molecule has 0 saturated carbocycles. The topological polar surface area (TPSA) is 9.23 Å². The number of alkyl halides is 3.